The summed E-state index contributed by atoms with van der Waals surface area (Å²) >= 11 is 0. The van der Waals surface area contributed by atoms with Gasteiger partial charge >= 0.3 is 0 Å². The van der Waals surface area contributed by atoms with Crippen molar-refractivity contribution in [2.45, 2.75) is 18.4 Å². The molecule has 2 aromatic carbocycles. The Kier molecular flexibility index (Phi) is 5.25. The Balaban J connectivity index is 2.14. The summed E-state index contributed by atoms with van der Waals surface area (Å²) in [5.74, 6) is -0.431. The van der Waals surface area contributed by atoms with Crippen molar-refractivity contribution in [2.24, 2.45) is 0 Å². The average molecular weight is 391 g/mol. The van der Waals surface area contributed by atoms with Crippen LogP contribution in [-0.2, 0) is 16.1 Å². The number of phenolic OH excluding ortho intramolecular Hbond substituents is 1. The van der Waals surface area contributed by atoms with Crippen LogP contribution in [0.25, 0.3) is 5.57 Å². The van der Waals surface area contributed by atoms with Crippen LogP contribution in [0, 0.1) is 0 Å². The topological polar surface area (TPSA) is 69.6 Å². The van der Waals surface area contributed by atoms with Crippen molar-refractivity contribution in [3.63, 3.8) is 0 Å². The maximum absolute atomic E-state index is 12.6. The number of amides is 2. The van der Waals surface area contributed by atoms with Crippen molar-refractivity contribution in [3.8, 4) is 5.75 Å². The van der Waals surface area contributed by atoms with Gasteiger partial charge in [-0.1, -0.05) is 41.0 Å². The summed E-state index contributed by atoms with van der Waals surface area (Å²) in [4.78, 5) is 27.2. The van der Waals surface area contributed by atoms with Gasteiger partial charge in [0, 0.05) is 24.4 Å². The normalized spacial score (nSPS) is 17.0. The molecule has 2 aromatic rings. The lowest BCUT2D eigenvalue weighted by atomic mass is 10.1. The summed E-state index contributed by atoms with van der Waals surface area (Å²) in [5.41, 5.74) is 1.97. The molecule has 0 saturated heterocycles. The fourth-order valence-electron chi connectivity index (χ4n) is 2.92. The van der Waals surface area contributed by atoms with Gasteiger partial charge in [0.25, 0.3) is 5.91 Å². The summed E-state index contributed by atoms with van der Waals surface area (Å²) in [6.07, 6.45) is 0. The number of phenols is 1. The van der Waals surface area contributed by atoms with E-state index in [0.29, 0.717) is 27.6 Å². The van der Waals surface area contributed by atoms with Gasteiger partial charge in [-0.2, -0.15) is 0 Å². The number of benzene rings is 2. The SMILES string of the molecule is CNC(=O)C1=C(N(Cc2ccccc2)C(C)=O)[SH](Cl)c2cc(O)ccc21. The second kappa shape index (κ2) is 7.43. The summed E-state index contributed by atoms with van der Waals surface area (Å²) < 4.78 is 0. The molecule has 0 aromatic heterocycles. The Bertz CT molecular complexity index is 899. The largest absolute Gasteiger partial charge is 0.508 e. The molecule has 1 heterocycles. The molecule has 3 rings (SSSR count). The molecule has 1 atom stereocenters. The fraction of sp³-hybridized carbons (Fsp3) is 0.158. The minimum Gasteiger partial charge on any atom is -0.508 e. The summed E-state index contributed by atoms with van der Waals surface area (Å²) in [7, 11) is 6.77. The van der Waals surface area contributed by atoms with Crippen LogP contribution in [0.1, 0.15) is 18.1 Å². The Labute approximate surface area is 159 Å². The molecule has 1 aliphatic rings. The van der Waals surface area contributed by atoms with Gasteiger partial charge in [-0.3, -0.25) is 9.59 Å². The second-order valence-electron chi connectivity index (χ2n) is 5.85. The highest BCUT2D eigenvalue weighted by Crippen LogP contribution is 2.60. The minimum absolute atomic E-state index is 0.0758. The summed E-state index contributed by atoms with van der Waals surface area (Å²) in [5, 5.41) is 12.9. The Morgan fingerprint density at radius 3 is 2.50 bits per heavy atom. The van der Waals surface area contributed by atoms with Crippen molar-refractivity contribution in [1.82, 2.24) is 10.2 Å². The third-order valence-corrected chi connectivity index (χ3v) is 6.80. The van der Waals surface area contributed by atoms with Gasteiger partial charge in [-0.15, -0.1) is 10.1 Å². The van der Waals surface area contributed by atoms with E-state index in [1.807, 2.05) is 30.3 Å². The number of carbonyl (C=O) groups is 2. The number of likely N-dealkylation sites (N-methyl/N-ethyl adjacent to an activating group) is 1. The van der Waals surface area contributed by atoms with E-state index in [-0.39, 0.29) is 17.6 Å². The number of halogens is 1. The quantitative estimate of drug-likeness (QED) is 0.701. The fourth-order valence-corrected chi connectivity index (χ4v) is 5.58. The van der Waals surface area contributed by atoms with Crippen LogP contribution in [0.4, 0.5) is 0 Å². The lowest BCUT2D eigenvalue weighted by molar-refractivity contribution is -0.126. The molecule has 2 amide bonds. The van der Waals surface area contributed by atoms with Crippen molar-refractivity contribution in [2.75, 3.05) is 7.05 Å². The number of aromatic hydroxyl groups is 1. The zero-order valence-electron chi connectivity index (χ0n) is 14.4. The molecule has 1 aliphatic heterocycles. The van der Waals surface area contributed by atoms with E-state index in [1.54, 1.807) is 17.0 Å². The van der Waals surface area contributed by atoms with Gasteiger partial charge in [-0.25, -0.2) is 0 Å². The van der Waals surface area contributed by atoms with E-state index in [2.05, 4.69) is 5.32 Å². The lowest BCUT2D eigenvalue weighted by Crippen LogP contribution is -2.29. The third kappa shape index (κ3) is 3.30. The molecule has 0 aliphatic carbocycles. The van der Waals surface area contributed by atoms with Crippen molar-refractivity contribution in [1.29, 1.82) is 0 Å². The highest BCUT2D eigenvalue weighted by atomic mass is 35.7. The molecular weight excluding hydrogens is 372 g/mol. The smallest absolute Gasteiger partial charge is 0.254 e. The molecule has 136 valence electrons. The molecule has 7 heteroatoms. The van der Waals surface area contributed by atoms with E-state index in [9.17, 15) is 14.7 Å². The monoisotopic (exact) mass is 390 g/mol. The van der Waals surface area contributed by atoms with Gasteiger partial charge in [0.05, 0.1) is 17.1 Å². The predicted molar refractivity (Wildman–Crippen MR) is 105 cm³/mol. The molecule has 2 N–H and O–H groups in total. The molecule has 0 fully saturated rings. The Morgan fingerprint density at radius 2 is 1.88 bits per heavy atom. The Morgan fingerprint density at radius 1 is 1.19 bits per heavy atom. The lowest BCUT2D eigenvalue weighted by Gasteiger charge is -2.27. The van der Waals surface area contributed by atoms with Crippen molar-refractivity contribution >= 4 is 38.2 Å². The third-order valence-electron chi connectivity index (χ3n) is 4.15. The second-order valence-corrected chi connectivity index (χ2v) is 8.33. The Hall–Kier alpha value is -2.44. The number of fused-ring (bicyclic) bond motifs is 1. The molecule has 0 saturated carbocycles. The number of thiol groups is 1. The first-order valence-corrected chi connectivity index (χ1v) is 10.3. The van der Waals surface area contributed by atoms with E-state index >= 15 is 0 Å². The van der Waals surface area contributed by atoms with Gasteiger partial charge in [-0.05, 0) is 23.8 Å². The maximum Gasteiger partial charge on any atom is 0.254 e. The zero-order chi connectivity index (χ0) is 18.8. The molecule has 0 bridgehead atoms. The van der Waals surface area contributed by atoms with Crippen LogP contribution < -0.4 is 5.32 Å². The standard InChI is InChI=1S/C19H19ClN2O3S/c1-12(23)22(11-13-6-4-3-5-7-13)19-17(18(25)21-2)15-9-8-14(24)10-16(15)26(19)20/h3-10,24,26H,11H2,1-2H3,(H,21,25). The number of hydrogen-bond donors (Lipinski definition) is 3. The maximum atomic E-state index is 12.6. The van der Waals surface area contributed by atoms with Crippen LogP contribution in [0.15, 0.2) is 58.5 Å². The van der Waals surface area contributed by atoms with E-state index in [1.165, 1.54) is 20.0 Å². The van der Waals surface area contributed by atoms with Crippen LogP contribution in [0.5, 0.6) is 5.75 Å². The number of nitrogens with one attached hydrogen (secondary N) is 1. The van der Waals surface area contributed by atoms with Crippen molar-refractivity contribution < 1.29 is 14.7 Å². The van der Waals surface area contributed by atoms with Crippen LogP contribution in [0.2, 0.25) is 0 Å². The van der Waals surface area contributed by atoms with E-state index in [0.717, 1.165) is 5.56 Å². The molecule has 5 nitrogen and oxygen atoms in total. The minimum atomic E-state index is -1.47. The molecule has 0 radical (unpaired) electrons. The first-order chi connectivity index (χ1) is 12.4. The average Bonchev–Trinajstić information content (AvgIpc) is 2.91. The number of hydrogen-bond acceptors (Lipinski definition) is 3. The van der Waals surface area contributed by atoms with Gasteiger partial charge in [0.1, 0.15) is 5.75 Å². The number of nitrogens with zero attached hydrogens (tertiary/aromatic N) is 1. The molecule has 26 heavy (non-hydrogen) atoms. The van der Waals surface area contributed by atoms with E-state index in [4.69, 9.17) is 10.7 Å². The zero-order valence-corrected chi connectivity index (χ0v) is 16.0. The van der Waals surface area contributed by atoms with Crippen molar-refractivity contribution in [3.05, 3.63) is 64.7 Å². The molecular formula is C19H19ClN2O3S. The first kappa shape index (κ1) is 18.4. The van der Waals surface area contributed by atoms with E-state index < -0.39 is 10.1 Å². The highest BCUT2D eigenvalue weighted by Gasteiger charge is 2.36. The van der Waals surface area contributed by atoms with Crippen LogP contribution in [-0.4, -0.2) is 28.9 Å². The summed E-state index contributed by atoms with van der Waals surface area (Å²) in [6.45, 7) is 1.77. The van der Waals surface area contributed by atoms with Gasteiger partial charge in [0.15, 0.2) is 0 Å². The molecule has 0 spiro atoms. The van der Waals surface area contributed by atoms with Crippen LogP contribution >= 0.6 is 20.8 Å². The van der Waals surface area contributed by atoms with Gasteiger partial charge < -0.3 is 15.3 Å². The molecule has 1 unspecified atom stereocenters. The first-order valence-electron chi connectivity index (χ1n) is 8.01. The van der Waals surface area contributed by atoms with Crippen LogP contribution in [0.3, 0.4) is 0 Å². The highest BCUT2D eigenvalue weighted by molar-refractivity contribution is 8.39. The predicted octanol–water partition coefficient (Wildman–Crippen LogP) is 3.38. The number of rotatable bonds is 4. The summed E-state index contributed by atoms with van der Waals surface area (Å²) in [6, 6.07) is 14.3. The number of carbonyl (C=O) groups excluding carboxylic acids is 2. The van der Waals surface area contributed by atoms with Gasteiger partial charge in [0.2, 0.25) is 5.91 Å².